The van der Waals surface area contributed by atoms with Crippen LogP contribution in [0.4, 0.5) is 0 Å². The summed E-state index contributed by atoms with van der Waals surface area (Å²) in [6, 6.07) is 0.476. The van der Waals surface area contributed by atoms with Gasteiger partial charge in [-0.05, 0) is 33.4 Å². The highest BCUT2D eigenvalue weighted by atomic mass is 16.5. The summed E-state index contributed by atoms with van der Waals surface area (Å²) in [6.07, 6.45) is 6.01. The van der Waals surface area contributed by atoms with Crippen LogP contribution < -0.4 is 5.32 Å². The fraction of sp³-hybridized carbons (Fsp3) is 0.636. The molecule has 1 aliphatic heterocycles. The number of nitrogens with one attached hydrogen (secondary N) is 1. The lowest BCUT2D eigenvalue weighted by Gasteiger charge is -2.22. The predicted molar refractivity (Wildman–Crippen MR) is 58.7 cm³/mol. The van der Waals surface area contributed by atoms with Crippen molar-refractivity contribution in [3.8, 4) is 0 Å². The van der Waals surface area contributed by atoms with Gasteiger partial charge in [0.25, 0.3) is 0 Å². The molecule has 0 radical (unpaired) electrons. The fourth-order valence-corrected chi connectivity index (χ4v) is 1.75. The van der Waals surface area contributed by atoms with Gasteiger partial charge in [-0.2, -0.15) is 0 Å². The minimum absolute atomic E-state index is 0.476. The summed E-state index contributed by atoms with van der Waals surface area (Å²) in [5, 5.41) is 3.18. The van der Waals surface area contributed by atoms with Crippen molar-refractivity contribution in [1.82, 2.24) is 10.2 Å². The summed E-state index contributed by atoms with van der Waals surface area (Å²) < 4.78 is 5.18. The first-order chi connectivity index (χ1) is 6.75. The van der Waals surface area contributed by atoms with Crippen LogP contribution in [0, 0.1) is 0 Å². The van der Waals surface area contributed by atoms with Gasteiger partial charge in [0.2, 0.25) is 0 Å². The summed E-state index contributed by atoms with van der Waals surface area (Å²) in [5.41, 5.74) is 1.06. The molecule has 0 unspecified atom stereocenters. The van der Waals surface area contributed by atoms with Crippen LogP contribution in [0.25, 0.3) is 0 Å². The first-order valence-corrected chi connectivity index (χ1v) is 5.11. The molecule has 3 nitrogen and oxygen atoms in total. The molecule has 1 aliphatic rings. The van der Waals surface area contributed by atoms with E-state index in [9.17, 15) is 0 Å². The van der Waals surface area contributed by atoms with E-state index in [0.29, 0.717) is 12.8 Å². The molecule has 0 saturated carbocycles. The maximum atomic E-state index is 5.18. The van der Waals surface area contributed by atoms with Crippen molar-refractivity contribution in [2.45, 2.75) is 25.8 Å². The molecular weight excluding hydrogens is 176 g/mol. The molecule has 1 saturated heterocycles. The zero-order valence-corrected chi connectivity index (χ0v) is 9.12. The Morgan fingerprint density at radius 3 is 3.07 bits per heavy atom. The summed E-state index contributed by atoms with van der Waals surface area (Å²) >= 11 is 0. The monoisotopic (exact) mass is 196 g/mol. The van der Waals surface area contributed by atoms with Crippen LogP contribution in [0.2, 0.25) is 0 Å². The molecule has 0 aliphatic carbocycles. The van der Waals surface area contributed by atoms with Gasteiger partial charge in [-0.3, -0.25) is 4.90 Å². The summed E-state index contributed by atoms with van der Waals surface area (Å²) in [6.45, 7) is 7.63. The van der Waals surface area contributed by atoms with Crippen molar-refractivity contribution >= 4 is 0 Å². The molecule has 0 bridgehead atoms. The van der Waals surface area contributed by atoms with E-state index in [4.69, 9.17) is 4.74 Å². The van der Waals surface area contributed by atoms with Gasteiger partial charge in [0, 0.05) is 11.7 Å². The molecule has 3 heteroatoms. The minimum Gasteiger partial charge on any atom is -0.481 e. The van der Waals surface area contributed by atoms with Gasteiger partial charge in [0.15, 0.2) is 6.73 Å². The van der Waals surface area contributed by atoms with Gasteiger partial charge >= 0.3 is 0 Å². The van der Waals surface area contributed by atoms with E-state index in [-0.39, 0.29) is 0 Å². The zero-order valence-electron chi connectivity index (χ0n) is 9.12. The van der Waals surface area contributed by atoms with Crippen molar-refractivity contribution in [3.63, 3.8) is 0 Å². The van der Waals surface area contributed by atoms with Gasteiger partial charge in [0.1, 0.15) is 0 Å². The smallest absolute Gasteiger partial charge is 0.157 e. The Morgan fingerprint density at radius 2 is 2.50 bits per heavy atom. The van der Waals surface area contributed by atoms with Crippen LogP contribution in [-0.4, -0.2) is 31.3 Å². The topological polar surface area (TPSA) is 24.5 Å². The molecule has 1 N–H and O–H groups in total. The average molecular weight is 196 g/mol. The number of allylic oxidation sites excluding steroid dienone is 1. The summed E-state index contributed by atoms with van der Waals surface area (Å²) in [4.78, 5) is 2.32. The van der Waals surface area contributed by atoms with Crippen molar-refractivity contribution in [3.05, 3.63) is 24.6 Å². The fourth-order valence-electron chi connectivity index (χ4n) is 1.75. The third-order valence-electron chi connectivity index (χ3n) is 2.54. The molecule has 0 aromatic carbocycles. The van der Waals surface area contributed by atoms with Gasteiger partial charge < -0.3 is 10.1 Å². The number of likely N-dealkylation sites (N-methyl/N-ethyl adjacent to an activating group) is 1. The molecule has 1 fully saturated rings. The van der Waals surface area contributed by atoms with Crippen molar-refractivity contribution in [2.75, 3.05) is 20.3 Å². The molecule has 1 atom stereocenters. The number of hydrogen-bond donors (Lipinski definition) is 1. The van der Waals surface area contributed by atoms with Gasteiger partial charge in [0.05, 0.1) is 6.26 Å². The predicted octanol–water partition coefficient (Wildman–Crippen LogP) is 1.69. The van der Waals surface area contributed by atoms with Crippen molar-refractivity contribution < 1.29 is 4.74 Å². The Labute approximate surface area is 86.4 Å². The van der Waals surface area contributed by atoms with Crippen LogP contribution >= 0.6 is 0 Å². The lowest BCUT2D eigenvalue weighted by molar-refractivity contribution is 0.222. The lowest BCUT2D eigenvalue weighted by atomic mass is 10.2. The van der Waals surface area contributed by atoms with Crippen molar-refractivity contribution in [1.29, 1.82) is 0 Å². The molecular formula is C11H20N2O. The highest BCUT2D eigenvalue weighted by Crippen LogP contribution is 2.18. The molecule has 1 rings (SSSR count). The van der Waals surface area contributed by atoms with E-state index in [0.717, 1.165) is 5.70 Å². The van der Waals surface area contributed by atoms with Gasteiger partial charge in [-0.15, -0.1) is 0 Å². The Hall–Kier alpha value is -0.960. The molecule has 0 aromatic rings. The summed E-state index contributed by atoms with van der Waals surface area (Å²) in [7, 11) is 2.14. The van der Waals surface area contributed by atoms with Crippen LogP contribution in [0.3, 0.4) is 0 Å². The molecule has 80 valence electrons. The van der Waals surface area contributed by atoms with E-state index in [1.807, 2.05) is 13.0 Å². The zero-order chi connectivity index (χ0) is 10.4. The Balaban J connectivity index is 2.20. The summed E-state index contributed by atoms with van der Waals surface area (Å²) in [5.74, 6) is 0. The van der Waals surface area contributed by atoms with E-state index >= 15 is 0 Å². The van der Waals surface area contributed by atoms with E-state index in [1.54, 1.807) is 6.26 Å². The quantitative estimate of drug-likeness (QED) is 0.411. The maximum absolute atomic E-state index is 5.18. The Kier molecular flexibility index (Phi) is 4.53. The SMILES string of the molecule is C=C(NCO/C=C\C)[C@@H]1CCCN1C. The number of hydrogen-bond acceptors (Lipinski definition) is 3. The second-order valence-corrected chi connectivity index (χ2v) is 3.62. The van der Waals surface area contributed by atoms with Gasteiger partial charge in [-0.25, -0.2) is 0 Å². The third kappa shape index (κ3) is 3.07. The van der Waals surface area contributed by atoms with Crippen LogP contribution in [0.15, 0.2) is 24.6 Å². The second kappa shape index (κ2) is 5.70. The highest BCUT2D eigenvalue weighted by molar-refractivity contribution is 5.05. The number of ether oxygens (including phenoxy) is 1. The van der Waals surface area contributed by atoms with Crippen LogP contribution in [0.5, 0.6) is 0 Å². The lowest BCUT2D eigenvalue weighted by Crippen LogP contribution is -2.33. The van der Waals surface area contributed by atoms with E-state index in [2.05, 4.69) is 23.8 Å². The number of nitrogens with zero attached hydrogens (tertiary/aromatic N) is 1. The average Bonchev–Trinajstić information content (AvgIpc) is 2.59. The third-order valence-corrected chi connectivity index (χ3v) is 2.54. The standard InChI is InChI=1S/C11H20N2O/c1-4-8-14-9-12-10(2)11-6-5-7-13(11)3/h4,8,11-12H,2,5-7,9H2,1,3H3/b8-4-/t11-/m0/s1. The normalized spacial score (nSPS) is 22.9. The molecule has 0 amide bonds. The minimum atomic E-state index is 0.476. The first-order valence-electron chi connectivity index (χ1n) is 5.11. The molecule has 0 spiro atoms. The van der Waals surface area contributed by atoms with E-state index in [1.165, 1.54) is 19.4 Å². The van der Waals surface area contributed by atoms with Gasteiger partial charge in [-0.1, -0.05) is 12.7 Å². The largest absolute Gasteiger partial charge is 0.481 e. The van der Waals surface area contributed by atoms with E-state index < -0.39 is 0 Å². The van der Waals surface area contributed by atoms with Crippen molar-refractivity contribution in [2.24, 2.45) is 0 Å². The molecule has 0 aromatic heterocycles. The first kappa shape index (κ1) is 11.1. The second-order valence-electron chi connectivity index (χ2n) is 3.62. The van der Waals surface area contributed by atoms with Crippen LogP contribution in [-0.2, 0) is 4.74 Å². The Bertz CT molecular complexity index is 213. The molecule has 1 heterocycles. The number of likely N-dealkylation sites (tertiary alicyclic amines) is 1. The number of rotatable bonds is 5. The highest BCUT2D eigenvalue weighted by Gasteiger charge is 2.22. The Morgan fingerprint density at radius 1 is 1.71 bits per heavy atom. The molecule has 14 heavy (non-hydrogen) atoms. The maximum Gasteiger partial charge on any atom is 0.157 e. The van der Waals surface area contributed by atoms with Crippen LogP contribution in [0.1, 0.15) is 19.8 Å².